The first-order valence-corrected chi connectivity index (χ1v) is 1.90. The van der Waals surface area contributed by atoms with Crippen LogP contribution in [0.15, 0.2) is 28.7 Å². The monoisotopic (exact) mass is 92.0 g/mol. The number of aliphatic imine (C=N–C) groups is 1. The zero-order valence-electron chi connectivity index (χ0n) is 3.68. The first-order valence-electron chi connectivity index (χ1n) is 1.90. The molecule has 0 saturated carbocycles. The van der Waals surface area contributed by atoms with Gasteiger partial charge in [0.1, 0.15) is 5.82 Å². The van der Waals surface area contributed by atoms with Gasteiger partial charge in [0, 0.05) is 5.87 Å². The minimum Gasteiger partial charge on any atom is -0.383 e. The minimum absolute atomic E-state index is 0.485. The molecule has 2 nitrogen and oxygen atoms in total. The van der Waals surface area contributed by atoms with Gasteiger partial charge in [-0.3, -0.25) is 0 Å². The van der Waals surface area contributed by atoms with Gasteiger partial charge in [0.25, 0.3) is 0 Å². The maximum atomic E-state index is 5.20. The van der Waals surface area contributed by atoms with Crippen LogP contribution in [0.1, 0.15) is 0 Å². The van der Waals surface area contributed by atoms with Crippen LogP contribution in [0, 0.1) is 0 Å². The summed E-state index contributed by atoms with van der Waals surface area (Å²) in [6.45, 7) is 0. The smallest absolute Gasteiger partial charge is 0.134 e. The van der Waals surface area contributed by atoms with Crippen LogP contribution in [-0.4, -0.2) is 5.87 Å². The highest BCUT2D eigenvalue weighted by atomic mass is 14.9. The Balaban J connectivity index is 3.02. The summed E-state index contributed by atoms with van der Waals surface area (Å²) < 4.78 is 0. The fourth-order valence-electron chi connectivity index (χ4n) is 0.298. The maximum absolute atomic E-state index is 5.20. The summed E-state index contributed by atoms with van der Waals surface area (Å²) in [5.74, 6) is 2.95. The topological polar surface area (TPSA) is 38.4 Å². The van der Waals surface area contributed by atoms with Crippen LogP contribution in [-0.2, 0) is 0 Å². The van der Waals surface area contributed by atoms with E-state index in [9.17, 15) is 0 Å². The average molecular weight is 92.1 g/mol. The van der Waals surface area contributed by atoms with E-state index in [0.29, 0.717) is 5.82 Å². The third-order valence-electron chi connectivity index (χ3n) is 0.587. The summed E-state index contributed by atoms with van der Waals surface area (Å²) in [7, 11) is 0. The molecule has 1 heterocycles. The van der Waals surface area contributed by atoms with Crippen LogP contribution in [0.25, 0.3) is 0 Å². The Morgan fingerprint density at radius 1 is 1.71 bits per heavy atom. The molecule has 2 heteroatoms. The van der Waals surface area contributed by atoms with Crippen molar-refractivity contribution in [2.45, 2.75) is 0 Å². The Morgan fingerprint density at radius 3 is 2.86 bits per heavy atom. The van der Waals surface area contributed by atoms with E-state index in [1.165, 1.54) is 0 Å². The maximum Gasteiger partial charge on any atom is 0.134 e. The highest BCUT2D eigenvalue weighted by Gasteiger charge is 1.77. The van der Waals surface area contributed by atoms with Crippen molar-refractivity contribution in [2.75, 3.05) is 0 Å². The van der Waals surface area contributed by atoms with Gasteiger partial charge in [0.15, 0.2) is 0 Å². The summed E-state index contributed by atoms with van der Waals surface area (Å²) in [6, 6.07) is 0. The summed E-state index contributed by atoms with van der Waals surface area (Å²) in [4.78, 5) is 3.58. The van der Waals surface area contributed by atoms with Crippen LogP contribution in [0.2, 0.25) is 0 Å². The van der Waals surface area contributed by atoms with E-state index < -0.39 is 0 Å². The molecule has 0 radical (unpaired) electrons. The molecule has 0 unspecified atom stereocenters. The van der Waals surface area contributed by atoms with Crippen molar-refractivity contribution in [1.29, 1.82) is 0 Å². The molecule has 0 saturated heterocycles. The standard InChI is InChI=1S/C5H4N2/c6-5-3-1-2-4-7-5/h1,3H,(H2,6,7). The SMILES string of the molecule is NC1=CC=C=C=N1. The second-order valence-corrected chi connectivity index (χ2v) is 1.13. The molecule has 1 rings (SSSR count). The number of allylic oxidation sites excluding steroid dienone is 2. The molecule has 0 bridgehead atoms. The number of rotatable bonds is 0. The van der Waals surface area contributed by atoms with Crippen molar-refractivity contribution in [3.8, 4) is 0 Å². The summed E-state index contributed by atoms with van der Waals surface area (Å²) in [5, 5.41) is 0. The minimum atomic E-state index is 0.485. The second kappa shape index (κ2) is 1.48. The predicted octanol–water partition coefficient (Wildman–Crippen LogP) is 0.181. The summed E-state index contributed by atoms with van der Waals surface area (Å²) in [6.07, 6.45) is 3.33. The Hall–Kier alpha value is -1.23. The molecule has 2 N–H and O–H groups in total. The van der Waals surface area contributed by atoms with E-state index in [1.807, 2.05) is 0 Å². The van der Waals surface area contributed by atoms with Gasteiger partial charge >= 0.3 is 0 Å². The lowest BCUT2D eigenvalue weighted by Gasteiger charge is -1.83. The van der Waals surface area contributed by atoms with Crippen LogP contribution in [0.3, 0.4) is 0 Å². The van der Waals surface area contributed by atoms with Crippen LogP contribution < -0.4 is 5.73 Å². The van der Waals surface area contributed by atoms with Gasteiger partial charge in [0.2, 0.25) is 0 Å². The summed E-state index contributed by atoms with van der Waals surface area (Å²) >= 11 is 0. The average Bonchev–Trinajstić information content (AvgIpc) is 1.69. The van der Waals surface area contributed by atoms with Gasteiger partial charge in [0.05, 0.1) is 0 Å². The van der Waals surface area contributed by atoms with Gasteiger partial charge in [-0.05, 0) is 17.9 Å². The molecule has 0 aromatic rings. The van der Waals surface area contributed by atoms with Crippen LogP contribution >= 0.6 is 0 Å². The van der Waals surface area contributed by atoms with Gasteiger partial charge in [-0.2, -0.15) is 4.99 Å². The van der Waals surface area contributed by atoms with E-state index in [1.54, 1.807) is 12.2 Å². The fraction of sp³-hybridized carbons (Fsp3) is 0. The Morgan fingerprint density at radius 2 is 2.57 bits per heavy atom. The van der Waals surface area contributed by atoms with Gasteiger partial charge < -0.3 is 5.73 Å². The van der Waals surface area contributed by atoms with Gasteiger partial charge in [-0.15, -0.1) is 0 Å². The largest absolute Gasteiger partial charge is 0.383 e. The lowest BCUT2D eigenvalue weighted by molar-refractivity contribution is 1.25. The van der Waals surface area contributed by atoms with E-state index in [-0.39, 0.29) is 0 Å². The Labute approximate surface area is 41.4 Å². The normalized spacial score (nSPS) is 14.6. The van der Waals surface area contributed by atoms with E-state index >= 15 is 0 Å². The first-order chi connectivity index (χ1) is 3.39. The third kappa shape index (κ3) is 0.799. The van der Waals surface area contributed by atoms with Crippen molar-refractivity contribution in [3.63, 3.8) is 0 Å². The highest BCUT2D eigenvalue weighted by molar-refractivity contribution is 5.54. The third-order valence-corrected chi connectivity index (χ3v) is 0.587. The molecular formula is C5H4N2. The van der Waals surface area contributed by atoms with E-state index in [2.05, 4.69) is 16.6 Å². The lowest BCUT2D eigenvalue weighted by Crippen LogP contribution is -1.91. The molecule has 0 fully saturated rings. The lowest BCUT2D eigenvalue weighted by atomic mass is 10.5. The van der Waals surface area contributed by atoms with Gasteiger partial charge in [-0.1, -0.05) is 0 Å². The molecule has 0 aromatic carbocycles. The van der Waals surface area contributed by atoms with Crippen molar-refractivity contribution in [2.24, 2.45) is 10.7 Å². The molecule has 34 valence electrons. The van der Waals surface area contributed by atoms with Gasteiger partial charge in [-0.25, -0.2) is 0 Å². The van der Waals surface area contributed by atoms with Crippen molar-refractivity contribution >= 4 is 5.87 Å². The van der Waals surface area contributed by atoms with Crippen molar-refractivity contribution < 1.29 is 0 Å². The molecule has 1 aliphatic rings. The van der Waals surface area contributed by atoms with E-state index in [4.69, 9.17) is 5.73 Å². The fourth-order valence-corrected chi connectivity index (χ4v) is 0.298. The number of hydrogen-bond donors (Lipinski definition) is 1. The first kappa shape index (κ1) is 3.94. The molecule has 0 aromatic heterocycles. The molecule has 0 spiro atoms. The number of nitrogens with zero attached hydrogens (tertiary/aromatic N) is 1. The predicted molar refractivity (Wildman–Crippen MR) is 27.8 cm³/mol. The van der Waals surface area contributed by atoms with E-state index in [0.717, 1.165) is 0 Å². The molecule has 0 amide bonds. The van der Waals surface area contributed by atoms with Crippen molar-refractivity contribution in [1.82, 2.24) is 0 Å². The van der Waals surface area contributed by atoms with Crippen LogP contribution in [0.5, 0.6) is 0 Å². The molecule has 0 aliphatic carbocycles. The van der Waals surface area contributed by atoms with Crippen LogP contribution in [0.4, 0.5) is 0 Å². The summed E-state index contributed by atoms with van der Waals surface area (Å²) in [5.41, 5.74) is 7.81. The highest BCUT2D eigenvalue weighted by Crippen LogP contribution is 1.85. The quantitative estimate of drug-likeness (QED) is 0.425. The Kier molecular flexibility index (Phi) is 0.833. The molecule has 7 heavy (non-hydrogen) atoms. The number of hydrogen-bond acceptors (Lipinski definition) is 2. The zero-order chi connectivity index (χ0) is 5.11. The Bertz CT molecular complexity index is 188. The molecular weight excluding hydrogens is 88.1 g/mol. The second-order valence-electron chi connectivity index (χ2n) is 1.13. The van der Waals surface area contributed by atoms with Crippen molar-refractivity contribution in [3.05, 3.63) is 23.7 Å². The molecule has 1 aliphatic heterocycles. The number of nitrogens with two attached hydrogens (primary N) is 1. The molecule has 0 atom stereocenters. The zero-order valence-corrected chi connectivity index (χ0v) is 3.68.